The average Bonchev–Trinajstić information content (AvgIpc) is 3.22. The molecule has 0 spiro atoms. The maximum atomic E-state index is 13.9. The van der Waals surface area contributed by atoms with E-state index < -0.39 is 21.8 Å². The summed E-state index contributed by atoms with van der Waals surface area (Å²) >= 11 is 0. The van der Waals surface area contributed by atoms with E-state index in [1.54, 1.807) is 24.3 Å². The third-order valence-corrected chi connectivity index (χ3v) is 6.11. The molecule has 4 aromatic rings. The molecular formula is C20H20F2N8O2S. The first-order valence-electron chi connectivity index (χ1n) is 9.68. The quantitative estimate of drug-likeness (QED) is 0.309. The van der Waals surface area contributed by atoms with Crippen molar-refractivity contribution in [2.75, 3.05) is 29.5 Å². The van der Waals surface area contributed by atoms with E-state index in [9.17, 15) is 17.2 Å². The number of aromatic amines is 1. The Morgan fingerprint density at radius 3 is 2.55 bits per heavy atom. The van der Waals surface area contributed by atoms with Crippen molar-refractivity contribution >= 4 is 44.3 Å². The molecule has 4 N–H and O–H groups in total. The average molecular weight is 474 g/mol. The fourth-order valence-corrected chi connectivity index (χ4v) is 3.50. The van der Waals surface area contributed by atoms with Crippen LogP contribution in [0.4, 0.5) is 31.8 Å². The van der Waals surface area contributed by atoms with Crippen LogP contribution in [0.25, 0.3) is 11.0 Å². The Balaban J connectivity index is 1.63. The molecule has 0 bridgehead atoms. The number of nitrogens with one attached hydrogen (secondary N) is 4. The van der Waals surface area contributed by atoms with Crippen molar-refractivity contribution in [3.63, 3.8) is 0 Å². The van der Waals surface area contributed by atoms with E-state index in [-0.39, 0.29) is 23.6 Å². The van der Waals surface area contributed by atoms with Crippen LogP contribution in [0.2, 0.25) is 0 Å². The van der Waals surface area contributed by atoms with E-state index in [4.69, 9.17) is 0 Å². The first-order chi connectivity index (χ1) is 15.7. The highest BCUT2D eigenvalue weighted by Gasteiger charge is 2.17. The molecule has 172 valence electrons. The Kier molecular flexibility index (Phi) is 6.07. The molecular weight excluding hydrogens is 454 g/mol. The number of pyridine rings is 1. The van der Waals surface area contributed by atoms with Crippen LogP contribution in [-0.2, 0) is 16.8 Å². The van der Waals surface area contributed by atoms with Gasteiger partial charge in [-0.1, -0.05) is 6.07 Å². The molecule has 0 aliphatic heterocycles. The maximum absolute atomic E-state index is 13.9. The van der Waals surface area contributed by atoms with Gasteiger partial charge in [0.15, 0.2) is 5.82 Å². The first-order valence-corrected chi connectivity index (χ1v) is 11.1. The van der Waals surface area contributed by atoms with E-state index >= 15 is 0 Å². The molecule has 0 aliphatic carbocycles. The predicted octanol–water partition coefficient (Wildman–Crippen LogP) is 3.21. The van der Waals surface area contributed by atoms with Crippen molar-refractivity contribution in [3.8, 4) is 0 Å². The molecule has 2 aromatic carbocycles. The van der Waals surface area contributed by atoms with E-state index in [0.29, 0.717) is 22.5 Å². The van der Waals surface area contributed by atoms with Gasteiger partial charge in [-0.15, -0.1) is 0 Å². The van der Waals surface area contributed by atoms with Crippen molar-refractivity contribution < 1.29 is 17.2 Å². The van der Waals surface area contributed by atoms with Gasteiger partial charge in [0.2, 0.25) is 0 Å². The van der Waals surface area contributed by atoms with Gasteiger partial charge in [0.25, 0.3) is 0 Å². The van der Waals surface area contributed by atoms with Crippen molar-refractivity contribution in [2.45, 2.75) is 6.54 Å². The Hall–Kier alpha value is -3.84. The summed E-state index contributed by atoms with van der Waals surface area (Å²) in [7, 11) is -1.00. The number of hydrogen-bond donors (Lipinski definition) is 4. The number of H-pyrrole nitrogens is 1. The largest absolute Gasteiger partial charge is 0.366 e. The number of anilines is 4. The van der Waals surface area contributed by atoms with Gasteiger partial charge < -0.3 is 10.6 Å². The number of fused-ring (bicyclic) bond motifs is 1. The van der Waals surface area contributed by atoms with Gasteiger partial charge in [-0.05, 0) is 36.4 Å². The summed E-state index contributed by atoms with van der Waals surface area (Å²) in [5.74, 6) is -0.802. The highest BCUT2D eigenvalue weighted by molar-refractivity contribution is 7.90. The maximum Gasteiger partial charge on any atom is 0.301 e. The molecule has 0 saturated carbocycles. The van der Waals surface area contributed by atoms with Crippen LogP contribution >= 0.6 is 0 Å². The lowest BCUT2D eigenvalue weighted by Crippen LogP contribution is -2.29. The zero-order valence-electron chi connectivity index (χ0n) is 17.6. The molecule has 13 heteroatoms. The summed E-state index contributed by atoms with van der Waals surface area (Å²) in [5.41, 5.74) is 2.32. The van der Waals surface area contributed by atoms with Crippen LogP contribution in [-0.4, -0.2) is 47.2 Å². The summed E-state index contributed by atoms with van der Waals surface area (Å²) in [6, 6.07) is 11.6. The highest BCUT2D eigenvalue weighted by Crippen LogP contribution is 2.28. The fraction of sp³-hybridized carbons (Fsp3) is 0.150. The molecule has 2 heterocycles. The molecule has 0 radical (unpaired) electrons. The van der Waals surface area contributed by atoms with Crippen LogP contribution in [0, 0.1) is 11.6 Å². The minimum atomic E-state index is -3.80. The lowest BCUT2D eigenvalue weighted by atomic mass is 10.2. The van der Waals surface area contributed by atoms with Crippen LogP contribution in [0.5, 0.6) is 0 Å². The Labute approximate surface area is 188 Å². The Morgan fingerprint density at radius 2 is 1.79 bits per heavy atom. The molecule has 0 fully saturated rings. The Bertz CT molecular complexity index is 1410. The van der Waals surface area contributed by atoms with Gasteiger partial charge >= 0.3 is 10.2 Å². The molecule has 0 aliphatic rings. The first kappa shape index (κ1) is 22.4. The minimum Gasteiger partial charge on any atom is -0.366 e. The van der Waals surface area contributed by atoms with Crippen molar-refractivity contribution in [2.24, 2.45) is 0 Å². The van der Waals surface area contributed by atoms with Crippen molar-refractivity contribution in [1.29, 1.82) is 0 Å². The summed E-state index contributed by atoms with van der Waals surface area (Å²) in [5, 5.41) is 16.6. The third-order valence-electron chi connectivity index (χ3n) is 4.67. The van der Waals surface area contributed by atoms with Gasteiger partial charge in [0, 0.05) is 38.0 Å². The zero-order valence-corrected chi connectivity index (χ0v) is 18.4. The van der Waals surface area contributed by atoms with Gasteiger partial charge in [0.1, 0.15) is 28.5 Å². The third kappa shape index (κ3) is 5.15. The fourth-order valence-electron chi connectivity index (χ4n) is 2.87. The molecule has 33 heavy (non-hydrogen) atoms. The summed E-state index contributed by atoms with van der Waals surface area (Å²) < 4.78 is 55.3. The number of halogens is 2. The smallest absolute Gasteiger partial charge is 0.301 e. The van der Waals surface area contributed by atoms with E-state index in [2.05, 4.69) is 35.8 Å². The molecule has 10 nitrogen and oxygen atoms in total. The SMILES string of the molecule is CN(C)S(=O)(=O)Nc1ccc(NCc2ccc(F)cc2F)nc1Nc1ccc2n[nH]nc2c1. The van der Waals surface area contributed by atoms with E-state index in [1.165, 1.54) is 32.3 Å². The molecule has 0 amide bonds. The normalized spacial score (nSPS) is 11.7. The molecule has 0 unspecified atom stereocenters. The van der Waals surface area contributed by atoms with E-state index in [0.717, 1.165) is 10.4 Å². The second kappa shape index (κ2) is 8.96. The highest BCUT2D eigenvalue weighted by atomic mass is 32.2. The second-order valence-corrected chi connectivity index (χ2v) is 9.11. The Morgan fingerprint density at radius 1 is 1.00 bits per heavy atom. The van der Waals surface area contributed by atoms with Crippen molar-refractivity contribution in [1.82, 2.24) is 24.7 Å². The molecule has 2 aromatic heterocycles. The lowest BCUT2D eigenvalue weighted by molar-refractivity contribution is 0.527. The second-order valence-electron chi connectivity index (χ2n) is 7.22. The molecule has 0 saturated heterocycles. The summed E-state index contributed by atoms with van der Waals surface area (Å²) in [6.07, 6.45) is 0. The zero-order chi connectivity index (χ0) is 23.6. The van der Waals surface area contributed by atoms with Gasteiger partial charge in [-0.25, -0.2) is 13.8 Å². The van der Waals surface area contributed by atoms with Gasteiger partial charge in [-0.2, -0.15) is 28.1 Å². The molecule has 4 rings (SSSR count). The predicted molar refractivity (Wildman–Crippen MR) is 121 cm³/mol. The van der Waals surface area contributed by atoms with Crippen LogP contribution < -0.4 is 15.4 Å². The minimum absolute atomic E-state index is 0.0478. The standard InChI is InChI=1S/C20H20F2N8O2S/c1-30(2)33(31,32)28-17-7-8-19(23-11-12-3-4-13(21)9-15(12)22)25-20(17)24-14-5-6-16-18(10-14)27-29-26-16/h3-10,28H,11H2,1-2H3,(H2,23,24,25)(H,26,27,29). The molecule has 0 atom stereocenters. The number of aromatic nitrogens is 4. The van der Waals surface area contributed by atoms with Crippen LogP contribution in [0.15, 0.2) is 48.5 Å². The summed E-state index contributed by atoms with van der Waals surface area (Å²) in [4.78, 5) is 4.43. The van der Waals surface area contributed by atoms with E-state index in [1.807, 2.05) is 0 Å². The summed E-state index contributed by atoms with van der Waals surface area (Å²) in [6.45, 7) is 0.0478. The lowest BCUT2D eigenvalue weighted by Gasteiger charge is -2.17. The number of benzene rings is 2. The van der Waals surface area contributed by atoms with Gasteiger partial charge in [0.05, 0.1) is 5.69 Å². The topological polar surface area (TPSA) is 128 Å². The van der Waals surface area contributed by atoms with Crippen LogP contribution in [0.1, 0.15) is 5.56 Å². The van der Waals surface area contributed by atoms with Gasteiger partial charge in [-0.3, -0.25) is 4.72 Å². The van der Waals surface area contributed by atoms with Crippen LogP contribution in [0.3, 0.4) is 0 Å². The number of rotatable bonds is 8. The monoisotopic (exact) mass is 474 g/mol. The number of hydrogen-bond acceptors (Lipinski definition) is 7. The van der Waals surface area contributed by atoms with Crippen molar-refractivity contribution in [3.05, 3.63) is 65.7 Å². The number of nitrogens with zero attached hydrogens (tertiary/aromatic N) is 4.